The predicted octanol–water partition coefficient (Wildman–Crippen LogP) is 2.19. The number of hydrogen-bond acceptors (Lipinski definition) is 0. The second kappa shape index (κ2) is 4.95. The van der Waals surface area contributed by atoms with E-state index in [2.05, 4.69) is 0 Å². The molecule has 8 heavy (non-hydrogen) atoms. The van der Waals surface area contributed by atoms with Crippen LogP contribution in [0.25, 0.3) is 0 Å². The zero-order chi connectivity index (χ0) is 6.57. The van der Waals surface area contributed by atoms with Crippen LogP contribution in [0.3, 0.4) is 0 Å². The molecule has 48 valence electrons. The highest BCUT2D eigenvalue weighted by atomic mass is 35.6. The summed E-state index contributed by atoms with van der Waals surface area (Å²) in [4.78, 5) is 0. The van der Waals surface area contributed by atoms with Crippen molar-refractivity contribution in [3.8, 4) is 0 Å². The fraction of sp³-hybridized carbons (Fsp3) is 0.333. The van der Waals surface area contributed by atoms with Gasteiger partial charge in [0.25, 0.3) is 0 Å². The number of halogens is 4. The summed E-state index contributed by atoms with van der Waals surface area (Å²) in [5, 5.41) is -0.123. The van der Waals surface area contributed by atoms with Gasteiger partial charge in [-0.05, 0) is 6.08 Å². The maximum absolute atomic E-state index is 5.54. The second-order valence-corrected chi connectivity index (χ2v) is 5.33. The Morgan fingerprint density at radius 1 is 1.50 bits per heavy atom. The van der Waals surface area contributed by atoms with E-state index in [1.807, 2.05) is 0 Å². The van der Waals surface area contributed by atoms with Gasteiger partial charge in [-0.2, -0.15) is 11.1 Å². The fourth-order valence-electron chi connectivity index (χ4n) is 0.181. The van der Waals surface area contributed by atoms with Gasteiger partial charge in [0.05, 0.1) is 5.00 Å². The average Bonchev–Trinajstić information content (AvgIpc) is 1.65. The molecule has 0 aromatic rings. The molecule has 0 aromatic carbocycles. The first-order valence-corrected chi connectivity index (χ1v) is 6.04. The van der Waals surface area contributed by atoms with Crippen molar-refractivity contribution < 1.29 is 0 Å². The van der Waals surface area contributed by atoms with E-state index in [9.17, 15) is 0 Å². The Labute approximate surface area is 70.3 Å². The van der Waals surface area contributed by atoms with Gasteiger partial charge in [0.1, 0.15) is 13.3 Å². The van der Waals surface area contributed by atoms with Crippen molar-refractivity contribution in [3.63, 3.8) is 0 Å². The first-order valence-electron chi connectivity index (χ1n) is 1.89. The van der Waals surface area contributed by atoms with E-state index in [-0.39, 0.29) is 9.49 Å². The third-order valence-electron chi connectivity index (χ3n) is 0.454. The normalized spacial score (nSPS) is 14.5. The summed E-state index contributed by atoms with van der Waals surface area (Å²) < 4.78 is 0.193. The molecule has 0 bridgehead atoms. The number of hydrogen-bond donors (Lipinski definition) is 0. The average molecular weight is 210 g/mol. The SMILES string of the molecule is Cl[SiH2]C(Cl)C=C(Cl)Cl. The Morgan fingerprint density at radius 2 is 2.00 bits per heavy atom. The van der Waals surface area contributed by atoms with Crippen LogP contribution in [-0.4, -0.2) is 13.8 Å². The molecule has 0 saturated heterocycles. The van der Waals surface area contributed by atoms with Gasteiger partial charge < -0.3 is 0 Å². The van der Waals surface area contributed by atoms with E-state index in [4.69, 9.17) is 45.9 Å². The number of rotatable bonds is 2. The van der Waals surface area contributed by atoms with Crippen LogP contribution in [0.4, 0.5) is 0 Å². The van der Waals surface area contributed by atoms with Gasteiger partial charge in [-0.25, -0.2) is 0 Å². The van der Waals surface area contributed by atoms with Gasteiger partial charge in [0.15, 0.2) is 0 Å². The van der Waals surface area contributed by atoms with Gasteiger partial charge in [-0.15, -0.1) is 11.6 Å². The molecule has 0 aliphatic rings. The quantitative estimate of drug-likeness (QED) is 0.372. The van der Waals surface area contributed by atoms with Crippen LogP contribution in [0, 0.1) is 0 Å². The molecular formula is C3H4Cl4Si. The third-order valence-corrected chi connectivity index (χ3v) is 3.30. The van der Waals surface area contributed by atoms with Crippen molar-refractivity contribution >= 4 is 54.7 Å². The molecular weight excluding hydrogens is 206 g/mol. The van der Waals surface area contributed by atoms with Crippen molar-refractivity contribution in [3.05, 3.63) is 10.6 Å². The van der Waals surface area contributed by atoms with Crippen molar-refractivity contribution in [1.82, 2.24) is 0 Å². The molecule has 0 N–H and O–H groups in total. The van der Waals surface area contributed by atoms with Crippen LogP contribution in [-0.2, 0) is 0 Å². The summed E-state index contributed by atoms with van der Waals surface area (Å²) in [5.41, 5.74) is 0. The standard InChI is InChI=1S/C3H4Cl4Si/c4-2(5)1-3(6)8-7/h1,3H,8H2. The van der Waals surface area contributed by atoms with Crippen molar-refractivity contribution in [2.75, 3.05) is 0 Å². The second-order valence-electron chi connectivity index (χ2n) is 1.13. The number of alkyl halides is 1. The van der Waals surface area contributed by atoms with Crippen molar-refractivity contribution in [2.24, 2.45) is 0 Å². The minimum atomic E-state index is -0.712. The highest BCUT2D eigenvalue weighted by molar-refractivity contribution is 6.98. The molecule has 0 amide bonds. The molecule has 0 aromatic heterocycles. The molecule has 0 rings (SSSR count). The van der Waals surface area contributed by atoms with Crippen LogP contribution in [0.5, 0.6) is 0 Å². The summed E-state index contributed by atoms with van der Waals surface area (Å²) >= 11 is 21.5. The maximum Gasteiger partial charge on any atom is 0.148 e. The molecule has 0 radical (unpaired) electrons. The Bertz CT molecular complexity index is 87.3. The fourth-order valence-corrected chi connectivity index (χ4v) is 1.63. The smallest absolute Gasteiger partial charge is 0.148 e. The van der Waals surface area contributed by atoms with Crippen molar-refractivity contribution in [2.45, 2.75) is 5.00 Å². The molecule has 0 aliphatic heterocycles. The van der Waals surface area contributed by atoms with E-state index in [0.29, 0.717) is 0 Å². The van der Waals surface area contributed by atoms with E-state index in [1.54, 1.807) is 0 Å². The number of allylic oxidation sites excluding steroid dienone is 1. The van der Waals surface area contributed by atoms with Crippen LogP contribution in [0.2, 0.25) is 0 Å². The van der Waals surface area contributed by atoms with E-state index < -0.39 is 8.83 Å². The molecule has 1 atom stereocenters. The van der Waals surface area contributed by atoms with Crippen LogP contribution in [0.15, 0.2) is 10.6 Å². The Balaban J connectivity index is 3.51. The van der Waals surface area contributed by atoms with E-state index in [1.165, 1.54) is 6.08 Å². The highest BCUT2D eigenvalue weighted by Gasteiger charge is 1.97. The zero-order valence-electron chi connectivity index (χ0n) is 3.87. The molecule has 0 aliphatic carbocycles. The van der Waals surface area contributed by atoms with Gasteiger partial charge in [-0.3, -0.25) is 0 Å². The van der Waals surface area contributed by atoms with Crippen LogP contribution < -0.4 is 0 Å². The zero-order valence-corrected chi connectivity index (χ0v) is 8.31. The molecule has 0 spiro atoms. The van der Waals surface area contributed by atoms with Gasteiger partial charge in [0.2, 0.25) is 0 Å². The van der Waals surface area contributed by atoms with Crippen LogP contribution >= 0.6 is 45.9 Å². The monoisotopic (exact) mass is 208 g/mol. The lowest BCUT2D eigenvalue weighted by Gasteiger charge is -1.91. The maximum atomic E-state index is 5.54. The molecule has 0 nitrogen and oxygen atoms in total. The molecule has 0 saturated carbocycles. The first kappa shape index (κ1) is 9.12. The third kappa shape index (κ3) is 5.26. The lowest BCUT2D eigenvalue weighted by molar-refractivity contribution is 1.60. The van der Waals surface area contributed by atoms with E-state index >= 15 is 0 Å². The summed E-state index contributed by atoms with van der Waals surface area (Å²) in [6.07, 6.45) is 1.53. The molecule has 0 fully saturated rings. The van der Waals surface area contributed by atoms with Gasteiger partial charge >= 0.3 is 0 Å². The largest absolute Gasteiger partial charge is 0.174 e. The predicted molar refractivity (Wildman–Crippen MR) is 43.8 cm³/mol. The van der Waals surface area contributed by atoms with Crippen molar-refractivity contribution in [1.29, 1.82) is 0 Å². The van der Waals surface area contributed by atoms with E-state index in [0.717, 1.165) is 0 Å². The molecule has 1 unspecified atom stereocenters. The first-order chi connectivity index (χ1) is 3.66. The summed E-state index contributed by atoms with van der Waals surface area (Å²) in [6.45, 7) is 0. The summed E-state index contributed by atoms with van der Waals surface area (Å²) in [7, 11) is -0.712. The van der Waals surface area contributed by atoms with Crippen LogP contribution in [0.1, 0.15) is 0 Å². The van der Waals surface area contributed by atoms with Gasteiger partial charge in [-0.1, -0.05) is 23.2 Å². The summed E-state index contributed by atoms with van der Waals surface area (Å²) in [5.74, 6) is 0. The summed E-state index contributed by atoms with van der Waals surface area (Å²) in [6, 6.07) is 0. The highest BCUT2D eigenvalue weighted by Crippen LogP contribution is 2.10. The molecule has 5 heteroatoms. The molecule has 0 heterocycles. The Hall–Kier alpha value is 1.12. The minimum absolute atomic E-state index is 0.123. The minimum Gasteiger partial charge on any atom is -0.174 e. The van der Waals surface area contributed by atoms with Gasteiger partial charge in [0, 0.05) is 0 Å². The lowest BCUT2D eigenvalue weighted by Crippen LogP contribution is -1.97. The topological polar surface area (TPSA) is 0 Å². The Kier molecular flexibility index (Phi) is 5.64. The Morgan fingerprint density at radius 3 is 2.12 bits per heavy atom. The lowest BCUT2D eigenvalue weighted by atomic mass is 10.7.